The molecule has 3 heteroatoms. The lowest BCUT2D eigenvalue weighted by atomic mass is 10.1. The van der Waals surface area contributed by atoms with Gasteiger partial charge in [0.15, 0.2) is 0 Å². The Hall–Kier alpha value is -0.590. The van der Waals surface area contributed by atoms with Gasteiger partial charge in [0.05, 0.1) is 18.8 Å². The van der Waals surface area contributed by atoms with Crippen LogP contribution in [0, 0.1) is 11.3 Å². The summed E-state index contributed by atoms with van der Waals surface area (Å²) in [5.41, 5.74) is -0.511. The molecular weight excluding hydrogens is 188 g/mol. The topological polar surface area (TPSA) is 45.0 Å². The maximum absolute atomic E-state index is 9.11. The molecule has 15 heavy (non-hydrogen) atoms. The van der Waals surface area contributed by atoms with E-state index in [2.05, 4.69) is 25.2 Å². The minimum atomic E-state index is -0.511. The van der Waals surface area contributed by atoms with Gasteiger partial charge in [0.2, 0.25) is 0 Å². The number of rotatable bonds is 7. The summed E-state index contributed by atoms with van der Waals surface area (Å²) in [5, 5.41) is 12.4. The van der Waals surface area contributed by atoms with Gasteiger partial charge in [-0.15, -0.1) is 0 Å². The maximum Gasteiger partial charge on any atom is 0.127 e. The van der Waals surface area contributed by atoms with Crippen LogP contribution in [-0.4, -0.2) is 24.3 Å². The Morgan fingerprint density at radius 3 is 2.73 bits per heavy atom. The normalized spacial score (nSPS) is 21.7. The maximum atomic E-state index is 9.11. The van der Waals surface area contributed by atoms with E-state index in [0.717, 1.165) is 12.8 Å². The van der Waals surface area contributed by atoms with Crippen LogP contribution in [0.2, 0.25) is 0 Å². The molecule has 1 aliphatic rings. The fourth-order valence-electron chi connectivity index (χ4n) is 1.58. The quantitative estimate of drug-likeness (QED) is 0.701. The van der Waals surface area contributed by atoms with Gasteiger partial charge >= 0.3 is 0 Å². The molecule has 0 spiro atoms. The van der Waals surface area contributed by atoms with Crippen LogP contribution in [0.4, 0.5) is 0 Å². The molecule has 0 radical (unpaired) electrons. The fraction of sp³-hybridized carbons (Fsp3) is 0.917. The first-order valence-corrected chi connectivity index (χ1v) is 5.90. The van der Waals surface area contributed by atoms with Crippen LogP contribution in [0.3, 0.4) is 0 Å². The summed E-state index contributed by atoms with van der Waals surface area (Å²) >= 11 is 0. The Labute approximate surface area is 92.8 Å². The number of nitriles is 1. The van der Waals surface area contributed by atoms with E-state index in [1.807, 2.05) is 6.92 Å². The van der Waals surface area contributed by atoms with Crippen LogP contribution in [0.15, 0.2) is 0 Å². The zero-order valence-electron chi connectivity index (χ0n) is 10.0. The minimum absolute atomic E-state index is 0.253. The van der Waals surface area contributed by atoms with Crippen molar-refractivity contribution in [2.45, 2.75) is 64.1 Å². The molecule has 86 valence electrons. The molecule has 0 aromatic heterocycles. The highest BCUT2D eigenvalue weighted by atomic mass is 16.5. The number of ether oxygens (including phenoxy) is 1. The Kier molecular flexibility index (Phi) is 4.56. The zero-order valence-corrected chi connectivity index (χ0v) is 10.0. The van der Waals surface area contributed by atoms with Crippen LogP contribution >= 0.6 is 0 Å². The van der Waals surface area contributed by atoms with Crippen LogP contribution in [0.25, 0.3) is 0 Å². The molecule has 0 heterocycles. The van der Waals surface area contributed by atoms with Crippen molar-refractivity contribution in [1.82, 2.24) is 5.32 Å². The van der Waals surface area contributed by atoms with E-state index in [1.54, 1.807) is 0 Å². The molecule has 1 saturated carbocycles. The SMILES string of the molecule is CCCC(C)OCC(C)(C#N)NC1CC1. The molecule has 0 aromatic rings. The highest BCUT2D eigenvalue weighted by Gasteiger charge is 2.33. The van der Waals surface area contributed by atoms with Gasteiger partial charge in [-0.2, -0.15) is 5.26 Å². The van der Waals surface area contributed by atoms with E-state index in [0.29, 0.717) is 12.6 Å². The molecule has 1 rings (SSSR count). The highest BCUT2D eigenvalue weighted by molar-refractivity contribution is 5.07. The lowest BCUT2D eigenvalue weighted by Gasteiger charge is -2.25. The molecule has 1 fully saturated rings. The van der Waals surface area contributed by atoms with Gasteiger partial charge < -0.3 is 4.74 Å². The molecule has 1 N–H and O–H groups in total. The largest absolute Gasteiger partial charge is 0.375 e. The second kappa shape index (κ2) is 5.48. The van der Waals surface area contributed by atoms with Crippen molar-refractivity contribution in [3.05, 3.63) is 0 Å². The molecule has 0 amide bonds. The first kappa shape index (κ1) is 12.5. The summed E-state index contributed by atoms with van der Waals surface area (Å²) in [4.78, 5) is 0. The molecule has 0 aromatic carbocycles. The monoisotopic (exact) mass is 210 g/mol. The Morgan fingerprint density at radius 2 is 2.27 bits per heavy atom. The lowest BCUT2D eigenvalue weighted by Crippen LogP contribution is -2.47. The van der Waals surface area contributed by atoms with E-state index in [-0.39, 0.29) is 6.10 Å². The van der Waals surface area contributed by atoms with E-state index < -0.39 is 5.54 Å². The summed E-state index contributed by atoms with van der Waals surface area (Å²) in [5.74, 6) is 0. The highest BCUT2D eigenvalue weighted by Crippen LogP contribution is 2.22. The number of hydrogen-bond donors (Lipinski definition) is 1. The van der Waals surface area contributed by atoms with Crippen molar-refractivity contribution in [3.63, 3.8) is 0 Å². The predicted molar refractivity (Wildman–Crippen MR) is 60.5 cm³/mol. The van der Waals surface area contributed by atoms with E-state index >= 15 is 0 Å². The first-order chi connectivity index (χ1) is 7.09. The van der Waals surface area contributed by atoms with Gasteiger partial charge in [0, 0.05) is 6.04 Å². The van der Waals surface area contributed by atoms with Gasteiger partial charge in [-0.1, -0.05) is 13.3 Å². The second-order valence-corrected chi connectivity index (χ2v) is 4.77. The summed E-state index contributed by atoms with van der Waals surface area (Å²) in [6.45, 7) is 6.62. The molecule has 2 atom stereocenters. The molecule has 0 saturated heterocycles. The van der Waals surface area contributed by atoms with Crippen molar-refractivity contribution in [2.24, 2.45) is 0 Å². The molecule has 1 aliphatic carbocycles. The number of nitrogens with one attached hydrogen (secondary N) is 1. The molecular formula is C12H22N2O. The zero-order chi connectivity index (χ0) is 11.3. The Bertz CT molecular complexity index is 232. The molecule has 2 unspecified atom stereocenters. The fourth-order valence-corrected chi connectivity index (χ4v) is 1.58. The smallest absolute Gasteiger partial charge is 0.127 e. The van der Waals surface area contributed by atoms with E-state index in [9.17, 15) is 0 Å². The lowest BCUT2D eigenvalue weighted by molar-refractivity contribution is 0.0324. The van der Waals surface area contributed by atoms with Crippen molar-refractivity contribution >= 4 is 0 Å². The standard InChI is InChI=1S/C12H22N2O/c1-4-5-10(2)15-9-12(3,8-13)14-11-6-7-11/h10-11,14H,4-7,9H2,1-3H3. The Balaban J connectivity index is 2.28. The third kappa shape index (κ3) is 4.63. The Morgan fingerprint density at radius 1 is 1.60 bits per heavy atom. The van der Waals surface area contributed by atoms with E-state index in [4.69, 9.17) is 10.00 Å². The van der Waals surface area contributed by atoms with Crippen molar-refractivity contribution in [2.75, 3.05) is 6.61 Å². The van der Waals surface area contributed by atoms with Gasteiger partial charge in [-0.3, -0.25) is 5.32 Å². The van der Waals surface area contributed by atoms with Crippen molar-refractivity contribution < 1.29 is 4.74 Å². The van der Waals surface area contributed by atoms with Crippen LogP contribution in [0.5, 0.6) is 0 Å². The van der Waals surface area contributed by atoms with Crippen molar-refractivity contribution in [3.8, 4) is 6.07 Å². The summed E-state index contributed by atoms with van der Waals surface area (Å²) in [6.07, 6.45) is 4.83. The van der Waals surface area contributed by atoms with Crippen LogP contribution in [-0.2, 0) is 4.74 Å². The van der Waals surface area contributed by atoms with Crippen LogP contribution in [0.1, 0.15) is 46.5 Å². The third-order valence-corrected chi connectivity index (χ3v) is 2.70. The van der Waals surface area contributed by atoms with Crippen molar-refractivity contribution in [1.29, 1.82) is 5.26 Å². The minimum Gasteiger partial charge on any atom is -0.375 e. The first-order valence-electron chi connectivity index (χ1n) is 5.90. The molecule has 0 bridgehead atoms. The average Bonchev–Trinajstić information content (AvgIpc) is 2.99. The van der Waals surface area contributed by atoms with Gasteiger partial charge in [-0.05, 0) is 33.1 Å². The van der Waals surface area contributed by atoms with Gasteiger partial charge in [0.25, 0.3) is 0 Å². The van der Waals surface area contributed by atoms with E-state index in [1.165, 1.54) is 12.8 Å². The number of hydrogen-bond acceptors (Lipinski definition) is 3. The molecule has 3 nitrogen and oxygen atoms in total. The van der Waals surface area contributed by atoms with Gasteiger partial charge in [-0.25, -0.2) is 0 Å². The summed E-state index contributed by atoms with van der Waals surface area (Å²) in [7, 11) is 0. The summed E-state index contributed by atoms with van der Waals surface area (Å²) in [6, 6.07) is 2.85. The van der Waals surface area contributed by atoms with Crippen LogP contribution < -0.4 is 5.32 Å². The second-order valence-electron chi connectivity index (χ2n) is 4.77. The molecule has 0 aliphatic heterocycles. The summed E-state index contributed by atoms with van der Waals surface area (Å²) < 4.78 is 5.68. The average molecular weight is 210 g/mol. The number of nitrogens with zero attached hydrogens (tertiary/aromatic N) is 1. The van der Waals surface area contributed by atoms with Gasteiger partial charge in [0.1, 0.15) is 5.54 Å². The third-order valence-electron chi connectivity index (χ3n) is 2.70. The predicted octanol–water partition coefficient (Wildman–Crippen LogP) is 2.23.